The molecule has 2 saturated heterocycles. The van der Waals surface area contributed by atoms with E-state index >= 15 is 0 Å². The van der Waals surface area contributed by atoms with Gasteiger partial charge in [0.05, 0.1) is 5.69 Å². The van der Waals surface area contributed by atoms with Gasteiger partial charge in [0.15, 0.2) is 0 Å². The lowest BCUT2D eigenvalue weighted by atomic mass is 9.87. The van der Waals surface area contributed by atoms with Crippen molar-refractivity contribution in [2.45, 2.75) is 102 Å². The van der Waals surface area contributed by atoms with Crippen molar-refractivity contribution in [1.82, 2.24) is 15.5 Å². The second-order valence-corrected chi connectivity index (χ2v) is 14.0. The summed E-state index contributed by atoms with van der Waals surface area (Å²) in [5.41, 5.74) is 5.13. The number of halogens is 2. The predicted octanol–water partition coefficient (Wildman–Crippen LogP) is 8.39. The zero-order chi connectivity index (χ0) is 29.1. The van der Waals surface area contributed by atoms with E-state index in [4.69, 9.17) is 28.2 Å². The van der Waals surface area contributed by atoms with Crippen LogP contribution in [0.3, 0.4) is 0 Å². The van der Waals surface area contributed by atoms with Crippen LogP contribution in [0.25, 0.3) is 11.1 Å². The number of piperazine rings is 1. The molecule has 5 nitrogen and oxygen atoms in total. The predicted molar refractivity (Wildman–Crippen MR) is 179 cm³/mol. The van der Waals surface area contributed by atoms with E-state index in [9.17, 15) is 0 Å². The third-order valence-corrected chi connectivity index (χ3v) is 10.5. The summed E-state index contributed by atoms with van der Waals surface area (Å²) in [7, 11) is 0. The van der Waals surface area contributed by atoms with E-state index < -0.39 is 0 Å². The second kappa shape index (κ2) is 13.8. The normalized spacial score (nSPS) is 26.1. The number of unbranched alkanes of at least 4 members (excludes halogenated alkanes) is 2. The quantitative estimate of drug-likeness (QED) is 0.153. The van der Waals surface area contributed by atoms with Gasteiger partial charge in [0.2, 0.25) is 0 Å². The van der Waals surface area contributed by atoms with E-state index in [0.29, 0.717) is 18.0 Å². The smallest absolute Gasteiger partial charge is 0.133 e. The first kappa shape index (κ1) is 30.1. The zero-order valence-corrected chi connectivity index (χ0v) is 26.7. The molecular formula is C35H47Cl2N5. The van der Waals surface area contributed by atoms with Crippen LogP contribution < -0.4 is 10.6 Å². The molecule has 2 aliphatic carbocycles. The van der Waals surface area contributed by atoms with Crippen LogP contribution in [-0.4, -0.2) is 61.8 Å². The number of fused-ring (bicyclic) bond motifs is 2. The largest absolute Gasteiger partial charge is 0.353 e. The molecule has 2 heterocycles. The summed E-state index contributed by atoms with van der Waals surface area (Å²) in [5.74, 6) is 2.44. The molecule has 0 radical (unpaired) electrons. The Balaban J connectivity index is 1.19. The Hall–Kier alpha value is -1.92. The lowest BCUT2D eigenvalue weighted by Crippen LogP contribution is -2.53. The molecule has 7 heteroatoms. The number of benzene rings is 2. The molecule has 6 rings (SSSR count). The minimum absolute atomic E-state index is 0.514. The van der Waals surface area contributed by atoms with Crippen LogP contribution in [0.5, 0.6) is 0 Å². The fourth-order valence-electron chi connectivity index (χ4n) is 7.33. The van der Waals surface area contributed by atoms with Crippen molar-refractivity contribution in [1.29, 1.82) is 0 Å². The third kappa shape index (κ3) is 7.07. The Kier molecular flexibility index (Phi) is 9.90. The maximum Gasteiger partial charge on any atom is 0.133 e. The molecule has 42 heavy (non-hydrogen) atoms. The lowest BCUT2D eigenvalue weighted by molar-refractivity contribution is 0.288. The Labute approximate surface area is 262 Å². The fraction of sp³-hybridized carbons (Fsp3) is 0.600. The van der Waals surface area contributed by atoms with Gasteiger partial charge in [-0.25, -0.2) is 0 Å². The van der Waals surface area contributed by atoms with Crippen LogP contribution in [0.2, 0.25) is 10.0 Å². The van der Waals surface area contributed by atoms with Gasteiger partial charge in [-0.1, -0.05) is 48.7 Å². The number of aliphatic imine (C=N–C) groups is 2. The molecule has 2 bridgehead atoms. The van der Waals surface area contributed by atoms with E-state index in [-0.39, 0.29) is 0 Å². The highest BCUT2D eigenvalue weighted by Gasteiger charge is 2.35. The van der Waals surface area contributed by atoms with Gasteiger partial charge >= 0.3 is 0 Å². The van der Waals surface area contributed by atoms with Crippen molar-refractivity contribution in [2.24, 2.45) is 15.9 Å². The standard InChI is InChI=1S/C35H47Cl2N5/c1-23-9-13-25(14-10-23)39-17-4-3-5-18-40-35(42-21-26-15-16-27(22-42)41-26)30-19-32(37)29(20-33(30)38-2)28-7-6-8-31(36)34(28)24-11-12-24/h6-8,19-20,23-27,39,41H,2-5,9-18,21-22H2,1H3. The summed E-state index contributed by atoms with van der Waals surface area (Å²) >= 11 is 13.8. The van der Waals surface area contributed by atoms with Gasteiger partial charge in [0, 0.05) is 58.9 Å². The molecule has 2 aromatic rings. The molecule has 2 N–H and O–H groups in total. The Bertz CT molecular complexity index is 1270. The van der Waals surface area contributed by atoms with Crippen molar-refractivity contribution < 1.29 is 0 Å². The molecule has 2 aromatic carbocycles. The Morgan fingerprint density at radius 1 is 0.929 bits per heavy atom. The summed E-state index contributed by atoms with van der Waals surface area (Å²) < 4.78 is 0. The molecule has 0 aromatic heterocycles. The van der Waals surface area contributed by atoms with Gasteiger partial charge in [-0.2, -0.15) is 0 Å². The van der Waals surface area contributed by atoms with Gasteiger partial charge in [-0.3, -0.25) is 9.98 Å². The molecule has 4 aliphatic rings. The minimum Gasteiger partial charge on any atom is -0.353 e. The first-order chi connectivity index (χ1) is 20.5. The average Bonchev–Trinajstić information content (AvgIpc) is 3.78. The van der Waals surface area contributed by atoms with Crippen LogP contribution >= 0.6 is 23.2 Å². The highest BCUT2D eigenvalue weighted by atomic mass is 35.5. The van der Waals surface area contributed by atoms with Crippen molar-refractivity contribution in [2.75, 3.05) is 26.2 Å². The highest BCUT2D eigenvalue weighted by molar-refractivity contribution is 6.35. The van der Waals surface area contributed by atoms with E-state index in [2.05, 4.69) is 52.4 Å². The second-order valence-electron chi connectivity index (χ2n) is 13.2. The van der Waals surface area contributed by atoms with Gasteiger partial charge < -0.3 is 15.5 Å². The fourth-order valence-corrected chi connectivity index (χ4v) is 7.93. The van der Waals surface area contributed by atoms with Crippen molar-refractivity contribution >= 4 is 41.4 Å². The number of likely N-dealkylation sites (tertiary alicyclic amines) is 1. The molecular weight excluding hydrogens is 561 g/mol. The number of rotatable bonds is 11. The monoisotopic (exact) mass is 607 g/mol. The Morgan fingerprint density at radius 3 is 2.40 bits per heavy atom. The summed E-state index contributed by atoms with van der Waals surface area (Å²) in [5, 5.41) is 9.11. The maximum atomic E-state index is 7.09. The van der Waals surface area contributed by atoms with E-state index in [1.165, 1.54) is 69.8 Å². The van der Waals surface area contributed by atoms with Crippen molar-refractivity contribution in [3.05, 3.63) is 51.5 Å². The van der Waals surface area contributed by atoms with Crippen LogP contribution in [0.15, 0.2) is 40.3 Å². The molecule has 4 fully saturated rings. The average molecular weight is 609 g/mol. The molecule has 0 amide bonds. The number of hydrogen-bond donors (Lipinski definition) is 2. The number of amidine groups is 1. The van der Waals surface area contributed by atoms with Gasteiger partial charge in [-0.15, -0.1) is 0 Å². The number of hydrogen-bond acceptors (Lipinski definition) is 4. The van der Waals surface area contributed by atoms with Crippen LogP contribution in [0, 0.1) is 5.92 Å². The first-order valence-electron chi connectivity index (χ1n) is 16.4. The topological polar surface area (TPSA) is 52.0 Å². The Morgan fingerprint density at radius 2 is 1.69 bits per heavy atom. The molecule has 2 atom stereocenters. The van der Waals surface area contributed by atoms with Gasteiger partial charge in [0.1, 0.15) is 5.84 Å². The van der Waals surface area contributed by atoms with E-state index in [1.54, 1.807) is 0 Å². The highest BCUT2D eigenvalue weighted by Crippen LogP contribution is 2.49. The van der Waals surface area contributed by atoms with Crippen LogP contribution in [0.1, 0.15) is 94.6 Å². The van der Waals surface area contributed by atoms with Crippen molar-refractivity contribution in [3.63, 3.8) is 0 Å². The number of nitrogens with one attached hydrogen (secondary N) is 2. The van der Waals surface area contributed by atoms with Gasteiger partial charge in [0.25, 0.3) is 0 Å². The van der Waals surface area contributed by atoms with E-state index in [0.717, 1.165) is 82.8 Å². The first-order valence-corrected chi connectivity index (χ1v) is 17.1. The van der Waals surface area contributed by atoms with Crippen LogP contribution in [0.4, 0.5) is 5.69 Å². The van der Waals surface area contributed by atoms with Gasteiger partial charge in [-0.05, 0) is 119 Å². The molecule has 226 valence electrons. The lowest BCUT2D eigenvalue weighted by Gasteiger charge is -2.35. The maximum absolute atomic E-state index is 7.09. The summed E-state index contributed by atoms with van der Waals surface area (Å²) in [6.07, 6.45) is 13.7. The van der Waals surface area contributed by atoms with E-state index in [1.807, 2.05) is 12.1 Å². The summed E-state index contributed by atoms with van der Waals surface area (Å²) in [4.78, 5) is 12.3. The molecule has 0 spiro atoms. The molecule has 2 saturated carbocycles. The molecule has 2 unspecified atom stereocenters. The summed E-state index contributed by atoms with van der Waals surface area (Å²) in [6.45, 7) is 10.2. The van der Waals surface area contributed by atoms with Crippen LogP contribution in [-0.2, 0) is 0 Å². The minimum atomic E-state index is 0.514. The zero-order valence-electron chi connectivity index (χ0n) is 25.2. The molecule has 2 aliphatic heterocycles. The SMILES string of the molecule is C=Nc1cc(-c2cccc(Cl)c2C2CC2)c(Cl)cc1C(=NCCCCCNC1CCC(C)CC1)N1CC2CCC(C1)N2. The van der Waals surface area contributed by atoms with Crippen molar-refractivity contribution in [3.8, 4) is 11.1 Å². The third-order valence-electron chi connectivity index (χ3n) is 9.89. The number of nitrogens with zero attached hydrogens (tertiary/aromatic N) is 3. The summed E-state index contributed by atoms with van der Waals surface area (Å²) in [6, 6.07) is 12.1.